The number of aromatic nitrogens is 2. The second kappa shape index (κ2) is 6.82. The standard InChI is InChI=1S/C17H22N4O3/c1-4-24-16-9-12(5-6-15(16)23-3)19-17(22)21-8-7-14-13(10-21)18-11-20(14)2/h5-6,9,11H,4,7-8,10H2,1-3H3,(H,19,22). The second-order valence-electron chi connectivity index (χ2n) is 5.65. The largest absolute Gasteiger partial charge is 0.493 e. The minimum absolute atomic E-state index is 0.140. The maximum atomic E-state index is 12.5. The van der Waals surface area contributed by atoms with Crippen molar-refractivity contribution in [2.24, 2.45) is 7.05 Å². The van der Waals surface area contributed by atoms with Crippen LogP contribution in [-0.4, -0.2) is 40.7 Å². The molecule has 0 atom stereocenters. The van der Waals surface area contributed by atoms with Crippen LogP contribution >= 0.6 is 0 Å². The van der Waals surface area contributed by atoms with Crippen LogP contribution in [0.5, 0.6) is 11.5 Å². The van der Waals surface area contributed by atoms with Crippen LogP contribution in [-0.2, 0) is 20.0 Å². The van der Waals surface area contributed by atoms with Gasteiger partial charge in [0.1, 0.15) is 0 Å². The maximum absolute atomic E-state index is 12.5. The molecule has 0 radical (unpaired) electrons. The molecule has 24 heavy (non-hydrogen) atoms. The Kier molecular flexibility index (Phi) is 4.59. The number of aryl methyl sites for hydroxylation is 1. The van der Waals surface area contributed by atoms with E-state index in [4.69, 9.17) is 9.47 Å². The topological polar surface area (TPSA) is 68.6 Å². The van der Waals surface area contributed by atoms with E-state index in [0.717, 1.165) is 12.1 Å². The van der Waals surface area contributed by atoms with Crippen molar-refractivity contribution in [2.45, 2.75) is 19.9 Å². The van der Waals surface area contributed by atoms with Gasteiger partial charge in [-0.05, 0) is 19.1 Å². The van der Waals surface area contributed by atoms with E-state index >= 15 is 0 Å². The number of fused-ring (bicyclic) bond motifs is 1. The van der Waals surface area contributed by atoms with Gasteiger partial charge in [-0.3, -0.25) is 0 Å². The lowest BCUT2D eigenvalue weighted by Crippen LogP contribution is -2.39. The van der Waals surface area contributed by atoms with Crippen LogP contribution < -0.4 is 14.8 Å². The van der Waals surface area contributed by atoms with Gasteiger partial charge in [0.25, 0.3) is 0 Å². The van der Waals surface area contributed by atoms with Gasteiger partial charge in [-0.1, -0.05) is 0 Å². The number of carbonyl (C=O) groups is 1. The number of urea groups is 1. The van der Waals surface area contributed by atoms with Gasteiger partial charge in [0, 0.05) is 37.5 Å². The molecule has 2 heterocycles. The molecule has 0 fully saturated rings. The van der Waals surface area contributed by atoms with E-state index in [1.54, 1.807) is 36.5 Å². The number of nitrogens with one attached hydrogen (secondary N) is 1. The summed E-state index contributed by atoms with van der Waals surface area (Å²) in [7, 11) is 3.57. The predicted molar refractivity (Wildman–Crippen MR) is 90.5 cm³/mol. The first-order chi connectivity index (χ1) is 11.6. The van der Waals surface area contributed by atoms with Gasteiger partial charge in [-0.2, -0.15) is 0 Å². The van der Waals surface area contributed by atoms with Crippen molar-refractivity contribution in [3.05, 3.63) is 35.9 Å². The van der Waals surface area contributed by atoms with Gasteiger partial charge in [0.05, 0.1) is 32.3 Å². The van der Waals surface area contributed by atoms with Crippen molar-refractivity contribution in [1.82, 2.24) is 14.5 Å². The molecule has 1 N–H and O–H groups in total. The molecule has 0 spiro atoms. The van der Waals surface area contributed by atoms with Crippen molar-refractivity contribution >= 4 is 11.7 Å². The number of imidazole rings is 1. The average Bonchev–Trinajstić information content (AvgIpc) is 2.96. The summed E-state index contributed by atoms with van der Waals surface area (Å²) < 4.78 is 12.8. The Bertz CT molecular complexity index is 741. The van der Waals surface area contributed by atoms with E-state index in [1.807, 2.05) is 18.5 Å². The molecule has 7 nitrogen and oxygen atoms in total. The van der Waals surface area contributed by atoms with E-state index in [1.165, 1.54) is 5.69 Å². The van der Waals surface area contributed by atoms with Crippen LogP contribution in [0.3, 0.4) is 0 Å². The van der Waals surface area contributed by atoms with Gasteiger partial charge in [-0.25, -0.2) is 9.78 Å². The molecule has 0 aliphatic carbocycles. The number of carbonyl (C=O) groups excluding carboxylic acids is 1. The molecule has 1 aliphatic rings. The number of nitrogens with zero attached hydrogens (tertiary/aromatic N) is 3. The van der Waals surface area contributed by atoms with Crippen molar-refractivity contribution in [2.75, 3.05) is 25.6 Å². The number of anilines is 1. The van der Waals surface area contributed by atoms with Crippen molar-refractivity contribution in [1.29, 1.82) is 0 Å². The molecule has 0 saturated carbocycles. The molecule has 3 rings (SSSR count). The molecule has 0 saturated heterocycles. The average molecular weight is 330 g/mol. The van der Waals surface area contributed by atoms with E-state index < -0.39 is 0 Å². The molecular weight excluding hydrogens is 308 g/mol. The second-order valence-corrected chi connectivity index (χ2v) is 5.65. The highest BCUT2D eigenvalue weighted by Gasteiger charge is 2.23. The van der Waals surface area contributed by atoms with Crippen LogP contribution in [0, 0.1) is 0 Å². The minimum Gasteiger partial charge on any atom is -0.493 e. The minimum atomic E-state index is -0.140. The first-order valence-electron chi connectivity index (χ1n) is 7.98. The lowest BCUT2D eigenvalue weighted by Gasteiger charge is -2.27. The zero-order chi connectivity index (χ0) is 17.1. The van der Waals surface area contributed by atoms with Gasteiger partial charge >= 0.3 is 6.03 Å². The van der Waals surface area contributed by atoms with Gasteiger partial charge in [-0.15, -0.1) is 0 Å². The summed E-state index contributed by atoms with van der Waals surface area (Å²) >= 11 is 0. The summed E-state index contributed by atoms with van der Waals surface area (Å²) in [6, 6.07) is 5.22. The quantitative estimate of drug-likeness (QED) is 0.935. The van der Waals surface area contributed by atoms with Crippen LogP contribution in [0.2, 0.25) is 0 Å². The molecule has 1 aliphatic heterocycles. The number of hydrogen-bond acceptors (Lipinski definition) is 4. The Morgan fingerprint density at radius 2 is 2.21 bits per heavy atom. The van der Waals surface area contributed by atoms with E-state index in [0.29, 0.717) is 36.9 Å². The lowest BCUT2D eigenvalue weighted by atomic mass is 10.1. The van der Waals surface area contributed by atoms with Crippen LogP contribution in [0.1, 0.15) is 18.3 Å². The molecule has 2 aromatic rings. The van der Waals surface area contributed by atoms with Gasteiger partial charge in [0.2, 0.25) is 0 Å². The number of benzene rings is 1. The van der Waals surface area contributed by atoms with Crippen LogP contribution in [0.4, 0.5) is 10.5 Å². The first-order valence-corrected chi connectivity index (χ1v) is 7.98. The summed E-state index contributed by atoms with van der Waals surface area (Å²) in [6.07, 6.45) is 2.61. The zero-order valence-electron chi connectivity index (χ0n) is 14.2. The third-order valence-electron chi connectivity index (χ3n) is 4.11. The fourth-order valence-electron chi connectivity index (χ4n) is 2.86. The molecule has 1 aromatic heterocycles. The Labute approximate surface area is 141 Å². The van der Waals surface area contributed by atoms with Crippen LogP contribution in [0.15, 0.2) is 24.5 Å². The van der Waals surface area contributed by atoms with E-state index in [9.17, 15) is 4.79 Å². The smallest absolute Gasteiger partial charge is 0.322 e. The molecule has 0 bridgehead atoms. The molecule has 2 amide bonds. The third kappa shape index (κ3) is 3.15. The predicted octanol–water partition coefficient (Wildman–Crippen LogP) is 2.42. The summed E-state index contributed by atoms with van der Waals surface area (Å²) in [5, 5.41) is 2.92. The molecule has 128 valence electrons. The summed E-state index contributed by atoms with van der Waals surface area (Å²) in [5.41, 5.74) is 2.84. The Morgan fingerprint density at radius 3 is 2.96 bits per heavy atom. The lowest BCUT2D eigenvalue weighted by molar-refractivity contribution is 0.205. The van der Waals surface area contributed by atoms with Crippen molar-refractivity contribution in [3.8, 4) is 11.5 Å². The van der Waals surface area contributed by atoms with E-state index in [-0.39, 0.29) is 6.03 Å². The molecule has 7 heteroatoms. The fraction of sp³-hybridized carbons (Fsp3) is 0.412. The van der Waals surface area contributed by atoms with Gasteiger partial charge in [0.15, 0.2) is 11.5 Å². The van der Waals surface area contributed by atoms with Crippen molar-refractivity contribution in [3.63, 3.8) is 0 Å². The van der Waals surface area contributed by atoms with E-state index in [2.05, 4.69) is 10.3 Å². The highest BCUT2D eigenvalue weighted by atomic mass is 16.5. The highest BCUT2D eigenvalue weighted by molar-refractivity contribution is 5.89. The highest BCUT2D eigenvalue weighted by Crippen LogP contribution is 2.30. The maximum Gasteiger partial charge on any atom is 0.322 e. The Morgan fingerprint density at radius 1 is 1.38 bits per heavy atom. The number of amides is 2. The molecule has 0 unspecified atom stereocenters. The monoisotopic (exact) mass is 330 g/mol. The van der Waals surface area contributed by atoms with Crippen LogP contribution in [0.25, 0.3) is 0 Å². The summed E-state index contributed by atoms with van der Waals surface area (Å²) in [6.45, 7) is 3.63. The number of ether oxygens (including phenoxy) is 2. The molecular formula is C17H22N4O3. The molecule has 1 aromatic carbocycles. The normalized spacial score (nSPS) is 13.4. The Hall–Kier alpha value is -2.70. The van der Waals surface area contributed by atoms with Gasteiger partial charge < -0.3 is 24.3 Å². The fourth-order valence-corrected chi connectivity index (χ4v) is 2.86. The first kappa shape index (κ1) is 16.2. The third-order valence-corrected chi connectivity index (χ3v) is 4.11. The number of methoxy groups -OCH3 is 1. The summed E-state index contributed by atoms with van der Waals surface area (Å²) in [4.78, 5) is 18.6. The number of hydrogen-bond donors (Lipinski definition) is 1. The van der Waals surface area contributed by atoms with Crippen molar-refractivity contribution < 1.29 is 14.3 Å². The Balaban J connectivity index is 1.70. The summed E-state index contributed by atoms with van der Waals surface area (Å²) in [5.74, 6) is 1.26. The number of rotatable bonds is 4. The zero-order valence-corrected chi connectivity index (χ0v) is 14.2. The SMILES string of the molecule is CCOc1cc(NC(=O)N2CCc3c(ncn3C)C2)ccc1OC.